The summed E-state index contributed by atoms with van der Waals surface area (Å²) in [5.74, 6) is -2.19. The average Bonchev–Trinajstić information content (AvgIpc) is 3.63. The van der Waals surface area contributed by atoms with Gasteiger partial charge in [-0.05, 0) is 87.3 Å². The zero-order chi connectivity index (χ0) is 33.3. The van der Waals surface area contributed by atoms with E-state index in [0.717, 1.165) is 50.5 Å². The summed E-state index contributed by atoms with van der Waals surface area (Å²) in [5.41, 5.74) is 10.4. The monoisotopic (exact) mass is 654 g/mol. The Morgan fingerprint density at radius 2 is 1.42 bits per heavy atom. The van der Waals surface area contributed by atoms with Gasteiger partial charge in [0.25, 0.3) is 5.91 Å². The fraction of sp³-hybridized carbons (Fsp3) is 0.485. The zero-order valence-electron chi connectivity index (χ0n) is 26.6. The highest BCUT2D eigenvalue weighted by Crippen LogP contribution is 2.38. The number of aliphatic carboxylic acids is 2. The van der Waals surface area contributed by atoms with Crippen LogP contribution in [0.25, 0.3) is 0 Å². The second-order valence-corrected chi connectivity index (χ2v) is 13.2. The Balaban J connectivity index is 1.78. The lowest BCUT2D eigenvalue weighted by molar-refractivity contribution is -0.138. The van der Waals surface area contributed by atoms with Gasteiger partial charge in [0.05, 0.1) is 17.0 Å². The topological polar surface area (TPSA) is 165 Å². The molecule has 10 nitrogen and oxygen atoms in total. The van der Waals surface area contributed by atoms with Gasteiger partial charge in [-0.1, -0.05) is 6.92 Å². The number of amides is 2. The second kappa shape index (κ2) is 13.9. The number of nitrogens with zero attached hydrogens (tertiary/aromatic N) is 1. The maximum Gasteiger partial charge on any atom is 0.303 e. The van der Waals surface area contributed by atoms with Crippen molar-refractivity contribution in [1.29, 1.82) is 0 Å². The van der Waals surface area contributed by atoms with Crippen molar-refractivity contribution in [3.05, 3.63) is 67.3 Å². The van der Waals surface area contributed by atoms with Gasteiger partial charge in [-0.2, -0.15) is 25.3 Å². The first-order chi connectivity index (χ1) is 21.2. The van der Waals surface area contributed by atoms with Gasteiger partial charge >= 0.3 is 11.9 Å². The van der Waals surface area contributed by atoms with Crippen LogP contribution in [0, 0.1) is 13.8 Å². The third-order valence-electron chi connectivity index (χ3n) is 9.15. The number of carboxylic acid groups (broad SMARTS) is 2. The molecule has 12 heteroatoms. The molecule has 242 valence electrons. The number of allylic oxidation sites excluding steroid dienone is 1. The van der Waals surface area contributed by atoms with Gasteiger partial charge in [0.1, 0.15) is 0 Å². The molecule has 2 amide bonds. The molecule has 0 aromatic carbocycles. The summed E-state index contributed by atoms with van der Waals surface area (Å²) in [5, 5.41) is 21.4. The van der Waals surface area contributed by atoms with Crippen molar-refractivity contribution >= 4 is 54.7 Å². The van der Waals surface area contributed by atoms with Crippen LogP contribution in [0.1, 0.15) is 97.2 Å². The molecule has 0 fully saturated rings. The predicted octanol–water partition coefficient (Wildman–Crippen LogP) is 4.94. The Hall–Kier alpha value is -3.51. The number of H-pyrrole nitrogens is 2. The van der Waals surface area contributed by atoms with Crippen LogP contribution in [0.2, 0.25) is 0 Å². The van der Waals surface area contributed by atoms with Crippen LogP contribution < -0.4 is 5.32 Å². The molecular weight excluding hydrogens is 613 g/mol. The van der Waals surface area contributed by atoms with E-state index in [4.69, 9.17) is 12.6 Å². The summed E-state index contributed by atoms with van der Waals surface area (Å²) in [6, 6.07) is -0.259. The summed E-state index contributed by atoms with van der Waals surface area (Å²) < 4.78 is 0. The van der Waals surface area contributed by atoms with Crippen LogP contribution >= 0.6 is 25.3 Å². The molecule has 4 rings (SSSR count). The lowest BCUT2D eigenvalue weighted by Gasteiger charge is -2.18. The summed E-state index contributed by atoms with van der Waals surface area (Å²) in [6.45, 7) is 11.4. The van der Waals surface area contributed by atoms with Crippen LogP contribution in [0.5, 0.6) is 0 Å². The predicted molar refractivity (Wildman–Crippen MR) is 180 cm³/mol. The van der Waals surface area contributed by atoms with Crippen molar-refractivity contribution in [2.24, 2.45) is 4.99 Å². The number of hydrogen-bond donors (Lipinski definition) is 7. The number of nitrogens with one attached hydrogen (secondary N) is 3. The quantitative estimate of drug-likeness (QED) is 0.143. The number of carbonyl (C=O) groups is 4. The highest BCUT2D eigenvalue weighted by Gasteiger charge is 2.33. The first-order valence-corrected chi connectivity index (χ1v) is 16.2. The van der Waals surface area contributed by atoms with Gasteiger partial charge in [-0.25, -0.2) is 4.99 Å². The van der Waals surface area contributed by atoms with E-state index < -0.39 is 17.2 Å². The molecule has 2 aromatic heterocycles. The molecule has 0 aliphatic carbocycles. The second-order valence-electron chi connectivity index (χ2n) is 11.9. The average molecular weight is 655 g/mol. The van der Waals surface area contributed by atoms with E-state index in [1.165, 1.54) is 0 Å². The van der Waals surface area contributed by atoms with E-state index in [1.54, 1.807) is 6.92 Å². The minimum Gasteiger partial charge on any atom is -0.481 e. The van der Waals surface area contributed by atoms with Crippen molar-refractivity contribution < 1.29 is 29.4 Å². The highest BCUT2D eigenvalue weighted by atomic mass is 32.1. The number of aliphatic imine (C=N–C) groups is 1. The Bertz CT molecular complexity index is 1660. The third kappa shape index (κ3) is 7.01. The van der Waals surface area contributed by atoms with Crippen LogP contribution in [0.4, 0.5) is 0 Å². The number of carboxylic acids is 2. The van der Waals surface area contributed by atoms with Crippen LogP contribution in [-0.4, -0.2) is 60.9 Å². The van der Waals surface area contributed by atoms with Crippen LogP contribution in [-0.2, 0) is 44.9 Å². The van der Waals surface area contributed by atoms with Crippen molar-refractivity contribution in [2.75, 3.05) is 0 Å². The first kappa shape index (κ1) is 34.4. The van der Waals surface area contributed by atoms with E-state index in [-0.39, 0.29) is 48.8 Å². The number of thiol groups is 2. The summed E-state index contributed by atoms with van der Waals surface area (Å²) >= 11 is 9.67. The standard InChI is InChI=1S/C33H42N4O6S2/c1-7-19-14(2)24(36-33(19)43)12-22-15(3)20(8-10-26(38)39)29(34-22)31(45)30-21(9-11-27(40)41)16(4)23(35-30)13-25-28(18(6)44)17(5)32(42)37-25/h18,25,31,34-35,44-45H,7-13H2,1-6H3,(H,37,42)(H,38,39)(H,40,41)/t18-,25+,31+/m0/s1. The van der Waals surface area contributed by atoms with Crippen LogP contribution in [0.15, 0.2) is 27.3 Å². The van der Waals surface area contributed by atoms with Gasteiger partial charge in [0.15, 0.2) is 0 Å². The molecule has 5 N–H and O–H groups in total. The third-order valence-corrected chi connectivity index (χ3v) is 9.94. The molecule has 2 aliphatic heterocycles. The molecule has 3 atom stereocenters. The number of aromatic amines is 2. The lowest BCUT2D eigenvalue weighted by Crippen LogP contribution is -2.32. The van der Waals surface area contributed by atoms with E-state index in [9.17, 15) is 29.4 Å². The Kier molecular flexibility index (Phi) is 10.6. The van der Waals surface area contributed by atoms with Crippen LogP contribution in [0.3, 0.4) is 0 Å². The smallest absolute Gasteiger partial charge is 0.303 e. The molecule has 0 unspecified atom stereocenters. The number of aromatic nitrogens is 2. The van der Waals surface area contributed by atoms with Gasteiger partial charge in [-0.15, -0.1) is 0 Å². The molecule has 0 bridgehead atoms. The normalized spacial score (nSPS) is 18.1. The molecular formula is C33H42N4O6S2. The minimum absolute atomic E-state index is 0.0795. The lowest BCUT2D eigenvalue weighted by atomic mass is 9.95. The van der Waals surface area contributed by atoms with E-state index >= 15 is 0 Å². The van der Waals surface area contributed by atoms with Gasteiger partial charge in [-0.3, -0.25) is 19.2 Å². The molecule has 0 saturated heterocycles. The molecule has 45 heavy (non-hydrogen) atoms. The fourth-order valence-electron chi connectivity index (χ4n) is 6.60. The molecule has 0 saturated carbocycles. The largest absolute Gasteiger partial charge is 0.481 e. The molecule has 2 aliphatic rings. The summed E-state index contributed by atoms with van der Waals surface area (Å²) in [7, 11) is 0. The summed E-state index contributed by atoms with van der Waals surface area (Å²) in [6.07, 6.45) is 1.82. The summed E-state index contributed by atoms with van der Waals surface area (Å²) in [4.78, 5) is 59.5. The number of hydrogen-bond acceptors (Lipinski definition) is 6. The SMILES string of the molecule is CCC1=C(C)C(Cc2[nH]c([C@@H](S)c3[nH]c(C[C@H]4NC(=O)C(C)=C4[C@H](C)S)c(C)c3CCC(=O)O)c(CCC(=O)O)c2C)=NC1=O. The maximum absolute atomic E-state index is 12.5. The molecule has 4 heterocycles. The Labute approximate surface area is 274 Å². The number of carbonyl (C=O) groups excluding carboxylic acids is 2. The molecule has 2 aromatic rings. The van der Waals surface area contributed by atoms with E-state index in [2.05, 4.69) is 32.9 Å². The van der Waals surface area contributed by atoms with Crippen molar-refractivity contribution in [3.63, 3.8) is 0 Å². The minimum atomic E-state index is -0.924. The van der Waals surface area contributed by atoms with Gasteiger partial charge in [0.2, 0.25) is 5.91 Å². The number of rotatable bonds is 14. The van der Waals surface area contributed by atoms with Crippen molar-refractivity contribution in [3.8, 4) is 0 Å². The maximum atomic E-state index is 12.5. The van der Waals surface area contributed by atoms with Crippen molar-refractivity contribution in [2.45, 2.75) is 103 Å². The zero-order valence-corrected chi connectivity index (χ0v) is 28.3. The Morgan fingerprint density at radius 3 is 1.91 bits per heavy atom. The fourth-order valence-corrected chi connectivity index (χ4v) is 7.42. The van der Waals surface area contributed by atoms with E-state index in [1.807, 2.05) is 34.6 Å². The highest BCUT2D eigenvalue weighted by molar-refractivity contribution is 7.81. The Morgan fingerprint density at radius 1 is 0.889 bits per heavy atom. The molecule has 0 radical (unpaired) electrons. The first-order valence-electron chi connectivity index (χ1n) is 15.2. The van der Waals surface area contributed by atoms with E-state index in [0.29, 0.717) is 41.8 Å². The van der Waals surface area contributed by atoms with Crippen molar-refractivity contribution in [1.82, 2.24) is 15.3 Å². The van der Waals surface area contributed by atoms with Gasteiger partial charge < -0.3 is 25.5 Å². The molecule has 0 spiro atoms. The van der Waals surface area contributed by atoms with Gasteiger partial charge in [0, 0.05) is 64.9 Å².